The minimum Gasteiger partial charge on any atom is -0.396 e. The SMILES string of the molecule is CS(=O)(=O)c1cccc(N)c1F.Cl. The van der Waals surface area contributed by atoms with Crippen LogP contribution in [0, 0.1) is 5.82 Å². The molecule has 0 amide bonds. The summed E-state index contributed by atoms with van der Waals surface area (Å²) in [4.78, 5) is -0.359. The highest BCUT2D eigenvalue weighted by molar-refractivity contribution is 7.90. The van der Waals surface area contributed by atoms with Crippen molar-refractivity contribution in [1.82, 2.24) is 0 Å². The minimum absolute atomic E-state index is 0. The summed E-state index contributed by atoms with van der Waals surface area (Å²) >= 11 is 0. The van der Waals surface area contributed by atoms with Gasteiger partial charge in [-0.1, -0.05) is 6.07 Å². The van der Waals surface area contributed by atoms with Crippen molar-refractivity contribution in [3.05, 3.63) is 24.0 Å². The van der Waals surface area contributed by atoms with Gasteiger partial charge in [0.1, 0.15) is 4.90 Å². The normalized spacial score (nSPS) is 10.6. The molecule has 0 heterocycles. The Morgan fingerprint density at radius 3 is 2.31 bits per heavy atom. The van der Waals surface area contributed by atoms with Crippen molar-refractivity contribution < 1.29 is 12.8 Å². The van der Waals surface area contributed by atoms with Crippen LogP contribution in [0.4, 0.5) is 10.1 Å². The molecular formula is C7H9ClFNO2S. The van der Waals surface area contributed by atoms with E-state index in [1.807, 2.05) is 0 Å². The van der Waals surface area contributed by atoms with Crippen LogP contribution in [0.15, 0.2) is 23.1 Å². The van der Waals surface area contributed by atoms with Crippen LogP contribution in [0.25, 0.3) is 0 Å². The van der Waals surface area contributed by atoms with E-state index < -0.39 is 15.7 Å². The molecule has 1 rings (SSSR count). The zero-order valence-electron chi connectivity index (χ0n) is 6.82. The summed E-state index contributed by atoms with van der Waals surface area (Å²) in [5.41, 5.74) is 5.02. The third-order valence-electron chi connectivity index (χ3n) is 1.39. The second-order valence-electron chi connectivity index (χ2n) is 2.43. The van der Waals surface area contributed by atoms with Crippen molar-refractivity contribution >= 4 is 27.9 Å². The van der Waals surface area contributed by atoms with E-state index in [0.29, 0.717) is 0 Å². The second kappa shape index (κ2) is 3.93. The third kappa shape index (κ3) is 2.57. The molecule has 0 aliphatic carbocycles. The van der Waals surface area contributed by atoms with Gasteiger partial charge in [-0.2, -0.15) is 0 Å². The van der Waals surface area contributed by atoms with Gasteiger partial charge in [-0.15, -0.1) is 12.4 Å². The summed E-state index contributed by atoms with van der Waals surface area (Å²) in [6, 6.07) is 3.89. The van der Waals surface area contributed by atoms with Gasteiger partial charge in [0.2, 0.25) is 0 Å². The Kier molecular flexibility index (Phi) is 3.69. The largest absolute Gasteiger partial charge is 0.396 e. The standard InChI is InChI=1S/C7H8FNO2S.ClH/c1-12(10,11)6-4-2-3-5(9)7(6)8;/h2-4H,9H2,1H3;1H. The number of sulfone groups is 1. The molecule has 3 nitrogen and oxygen atoms in total. The first kappa shape index (κ1) is 12.2. The predicted octanol–water partition coefficient (Wildman–Crippen LogP) is 1.23. The number of hydrogen-bond acceptors (Lipinski definition) is 3. The molecular weight excluding hydrogens is 217 g/mol. The molecule has 13 heavy (non-hydrogen) atoms. The zero-order chi connectivity index (χ0) is 9.35. The molecule has 0 unspecified atom stereocenters. The Bertz CT molecular complexity index is 405. The number of nitrogen functional groups attached to an aromatic ring is 1. The van der Waals surface area contributed by atoms with Gasteiger partial charge in [-0.25, -0.2) is 12.8 Å². The summed E-state index contributed by atoms with van der Waals surface area (Å²) in [6.45, 7) is 0. The van der Waals surface area contributed by atoms with Gasteiger partial charge in [-0.3, -0.25) is 0 Å². The van der Waals surface area contributed by atoms with Crippen LogP contribution >= 0.6 is 12.4 Å². The lowest BCUT2D eigenvalue weighted by molar-refractivity contribution is 0.573. The lowest BCUT2D eigenvalue weighted by Crippen LogP contribution is -2.03. The van der Waals surface area contributed by atoms with E-state index in [1.165, 1.54) is 18.2 Å². The van der Waals surface area contributed by atoms with E-state index in [2.05, 4.69) is 0 Å². The van der Waals surface area contributed by atoms with E-state index in [0.717, 1.165) is 6.26 Å². The molecule has 2 N–H and O–H groups in total. The Morgan fingerprint density at radius 2 is 1.92 bits per heavy atom. The fraction of sp³-hybridized carbons (Fsp3) is 0.143. The van der Waals surface area contributed by atoms with Gasteiger partial charge >= 0.3 is 0 Å². The van der Waals surface area contributed by atoms with Gasteiger partial charge in [0, 0.05) is 6.26 Å². The van der Waals surface area contributed by atoms with Crippen molar-refractivity contribution in [2.45, 2.75) is 4.90 Å². The smallest absolute Gasteiger partial charge is 0.178 e. The second-order valence-corrected chi connectivity index (χ2v) is 4.42. The maximum atomic E-state index is 13.0. The van der Waals surface area contributed by atoms with Gasteiger partial charge in [0.25, 0.3) is 0 Å². The number of anilines is 1. The molecule has 74 valence electrons. The first-order valence-corrected chi connectivity index (χ1v) is 5.06. The van der Waals surface area contributed by atoms with E-state index in [9.17, 15) is 12.8 Å². The van der Waals surface area contributed by atoms with E-state index in [1.54, 1.807) is 0 Å². The topological polar surface area (TPSA) is 60.2 Å². The van der Waals surface area contributed by atoms with Crippen LogP contribution < -0.4 is 5.73 Å². The van der Waals surface area contributed by atoms with Gasteiger partial charge in [0.15, 0.2) is 15.7 Å². The summed E-state index contributed by atoms with van der Waals surface area (Å²) in [6.07, 6.45) is 0.935. The van der Waals surface area contributed by atoms with Gasteiger partial charge in [0.05, 0.1) is 5.69 Å². The summed E-state index contributed by atoms with van der Waals surface area (Å²) in [5.74, 6) is -0.875. The highest BCUT2D eigenvalue weighted by atomic mass is 35.5. The van der Waals surface area contributed by atoms with Gasteiger partial charge < -0.3 is 5.73 Å². The van der Waals surface area contributed by atoms with Crippen molar-refractivity contribution in [1.29, 1.82) is 0 Å². The zero-order valence-corrected chi connectivity index (χ0v) is 8.45. The predicted molar refractivity (Wildman–Crippen MR) is 51.2 cm³/mol. The Labute approximate surface area is 82.1 Å². The van der Waals surface area contributed by atoms with Crippen molar-refractivity contribution in [3.63, 3.8) is 0 Å². The Morgan fingerprint density at radius 1 is 1.38 bits per heavy atom. The molecule has 0 aromatic heterocycles. The van der Waals surface area contributed by atoms with Crippen molar-refractivity contribution in [2.75, 3.05) is 12.0 Å². The highest BCUT2D eigenvalue weighted by Gasteiger charge is 2.14. The maximum absolute atomic E-state index is 13.0. The van der Waals surface area contributed by atoms with Crippen molar-refractivity contribution in [3.8, 4) is 0 Å². The number of benzene rings is 1. The fourth-order valence-electron chi connectivity index (χ4n) is 0.814. The van der Waals surface area contributed by atoms with Crippen LogP contribution in [0.1, 0.15) is 0 Å². The highest BCUT2D eigenvalue weighted by Crippen LogP contribution is 2.18. The molecule has 0 atom stereocenters. The molecule has 0 saturated heterocycles. The first-order valence-electron chi connectivity index (χ1n) is 3.17. The fourth-order valence-corrected chi connectivity index (χ4v) is 1.58. The van der Waals surface area contributed by atoms with E-state index in [-0.39, 0.29) is 23.0 Å². The third-order valence-corrected chi connectivity index (χ3v) is 2.51. The quantitative estimate of drug-likeness (QED) is 0.732. The Balaban J connectivity index is 0.00000144. The van der Waals surface area contributed by atoms with E-state index in [4.69, 9.17) is 5.73 Å². The van der Waals surface area contributed by atoms with Crippen LogP contribution in [-0.4, -0.2) is 14.7 Å². The number of rotatable bonds is 1. The Hall–Kier alpha value is -0.810. The molecule has 6 heteroatoms. The van der Waals surface area contributed by atoms with E-state index >= 15 is 0 Å². The van der Waals surface area contributed by atoms with Crippen LogP contribution in [0.3, 0.4) is 0 Å². The number of hydrogen-bond donors (Lipinski definition) is 1. The summed E-state index contributed by atoms with van der Waals surface area (Å²) < 4.78 is 34.8. The molecule has 0 bridgehead atoms. The maximum Gasteiger partial charge on any atom is 0.178 e. The molecule has 1 aromatic carbocycles. The molecule has 0 spiro atoms. The number of halogens is 2. The first-order chi connectivity index (χ1) is 5.43. The molecule has 0 saturated carbocycles. The molecule has 0 radical (unpaired) electrons. The molecule has 0 aliphatic heterocycles. The van der Waals surface area contributed by atoms with Crippen LogP contribution in [0.2, 0.25) is 0 Å². The lowest BCUT2D eigenvalue weighted by atomic mass is 10.3. The van der Waals surface area contributed by atoms with Gasteiger partial charge in [-0.05, 0) is 12.1 Å². The average molecular weight is 226 g/mol. The molecule has 0 fully saturated rings. The average Bonchev–Trinajstić information content (AvgIpc) is 1.92. The van der Waals surface area contributed by atoms with Crippen LogP contribution in [-0.2, 0) is 9.84 Å². The molecule has 1 aromatic rings. The molecule has 0 aliphatic rings. The summed E-state index contributed by atoms with van der Waals surface area (Å²) in [5, 5.41) is 0. The minimum atomic E-state index is -3.51. The lowest BCUT2D eigenvalue weighted by Gasteiger charge is -2.01. The van der Waals surface area contributed by atoms with Crippen molar-refractivity contribution in [2.24, 2.45) is 0 Å². The summed E-state index contributed by atoms with van der Waals surface area (Å²) in [7, 11) is -3.51. The monoisotopic (exact) mass is 225 g/mol. The number of nitrogens with two attached hydrogens (primary N) is 1. The van der Waals surface area contributed by atoms with Crippen LogP contribution in [0.5, 0.6) is 0 Å².